The zero-order chi connectivity index (χ0) is 19.3. The SMILES string of the molecule is CCc1ccc(OC(CC)C(=O)Nc2ccc(Cl)c(C(F)(F)F)c2)cc1. The van der Waals surface area contributed by atoms with Crippen LogP contribution < -0.4 is 10.1 Å². The van der Waals surface area contributed by atoms with Gasteiger partial charge in [-0.2, -0.15) is 13.2 Å². The molecule has 0 fully saturated rings. The van der Waals surface area contributed by atoms with Crippen LogP contribution in [-0.4, -0.2) is 12.0 Å². The zero-order valence-corrected chi connectivity index (χ0v) is 15.1. The van der Waals surface area contributed by atoms with E-state index in [4.69, 9.17) is 16.3 Å². The lowest BCUT2D eigenvalue weighted by Gasteiger charge is -2.18. The number of ether oxygens (including phenoxy) is 1. The van der Waals surface area contributed by atoms with E-state index in [1.807, 2.05) is 19.1 Å². The third-order valence-corrected chi connectivity index (χ3v) is 4.14. The molecule has 1 N–H and O–H groups in total. The number of anilines is 1. The van der Waals surface area contributed by atoms with Gasteiger partial charge < -0.3 is 10.1 Å². The predicted octanol–water partition coefficient (Wildman–Crippen LogP) is 5.72. The highest BCUT2D eigenvalue weighted by Gasteiger charge is 2.33. The molecular formula is C19H19ClF3NO2. The van der Waals surface area contributed by atoms with Gasteiger partial charge in [0.05, 0.1) is 10.6 Å². The highest BCUT2D eigenvalue weighted by Crippen LogP contribution is 2.36. The number of nitrogens with one attached hydrogen (secondary N) is 1. The van der Waals surface area contributed by atoms with E-state index in [0.717, 1.165) is 24.1 Å². The minimum atomic E-state index is -4.60. The third-order valence-electron chi connectivity index (χ3n) is 3.81. The normalized spacial score (nSPS) is 12.5. The number of aryl methyl sites for hydroxylation is 1. The van der Waals surface area contributed by atoms with Crippen LogP contribution in [-0.2, 0) is 17.4 Å². The van der Waals surface area contributed by atoms with E-state index in [1.165, 1.54) is 6.07 Å². The van der Waals surface area contributed by atoms with Gasteiger partial charge >= 0.3 is 6.18 Å². The Labute approximate surface area is 155 Å². The largest absolute Gasteiger partial charge is 0.481 e. The Hall–Kier alpha value is -2.21. The molecule has 7 heteroatoms. The Balaban J connectivity index is 2.11. The molecule has 2 rings (SSSR count). The monoisotopic (exact) mass is 385 g/mol. The molecule has 140 valence electrons. The molecule has 2 aromatic rings. The molecule has 0 aromatic heterocycles. The Morgan fingerprint density at radius 1 is 1.15 bits per heavy atom. The fraction of sp³-hybridized carbons (Fsp3) is 0.316. The molecule has 0 saturated carbocycles. The van der Waals surface area contributed by atoms with Crippen LogP contribution in [0.25, 0.3) is 0 Å². The summed E-state index contributed by atoms with van der Waals surface area (Å²) in [5.41, 5.74) is 0.145. The fourth-order valence-electron chi connectivity index (χ4n) is 2.33. The van der Waals surface area contributed by atoms with Gasteiger partial charge in [-0.3, -0.25) is 4.79 Å². The van der Waals surface area contributed by atoms with Crippen molar-refractivity contribution in [2.45, 2.75) is 39.0 Å². The Bertz CT molecular complexity index is 760. The van der Waals surface area contributed by atoms with E-state index < -0.39 is 28.8 Å². The van der Waals surface area contributed by atoms with Crippen molar-refractivity contribution < 1.29 is 22.7 Å². The van der Waals surface area contributed by atoms with Crippen molar-refractivity contribution in [1.29, 1.82) is 0 Å². The van der Waals surface area contributed by atoms with E-state index >= 15 is 0 Å². The topological polar surface area (TPSA) is 38.3 Å². The van der Waals surface area contributed by atoms with Gasteiger partial charge in [0.15, 0.2) is 6.10 Å². The van der Waals surface area contributed by atoms with Crippen LogP contribution in [0.4, 0.5) is 18.9 Å². The highest BCUT2D eigenvalue weighted by atomic mass is 35.5. The quantitative estimate of drug-likeness (QED) is 0.690. The van der Waals surface area contributed by atoms with Crippen molar-refractivity contribution >= 4 is 23.2 Å². The van der Waals surface area contributed by atoms with E-state index in [1.54, 1.807) is 19.1 Å². The van der Waals surface area contributed by atoms with Gasteiger partial charge in [0.1, 0.15) is 5.75 Å². The number of carbonyl (C=O) groups is 1. The van der Waals surface area contributed by atoms with Gasteiger partial charge in [-0.05, 0) is 48.7 Å². The first-order valence-corrected chi connectivity index (χ1v) is 8.55. The smallest absolute Gasteiger partial charge is 0.417 e. The molecule has 0 aliphatic carbocycles. The van der Waals surface area contributed by atoms with Crippen molar-refractivity contribution in [3.8, 4) is 5.75 Å². The molecule has 0 saturated heterocycles. The molecule has 3 nitrogen and oxygen atoms in total. The maximum atomic E-state index is 12.9. The van der Waals surface area contributed by atoms with Crippen LogP contribution in [0.2, 0.25) is 5.02 Å². The molecule has 0 bridgehead atoms. The van der Waals surface area contributed by atoms with Crippen molar-refractivity contribution in [3.05, 3.63) is 58.6 Å². The first kappa shape index (κ1) is 20.1. The highest BCUT2D eigenvalue weighted by molar-refractivity contribution is 6.31. The molecule has 0 heterocycles. The number of carbonyl (C=O) groups excluding carboxylic acids is 1. The second-order valence-corrected chi connectivity index (χ2v) is 6.10. The first-order valence-electron chi connectivity index (χ1n) is 8.17. The van der Waals surface area contributed by atoms with Crippen molar-refractivity contribution in [1.82, 2.24) is 0 Å². The molecule has 0 aliphatic heterocycles. The molecule has 26 heavy (non-hydrogen) atoms. The maximum absolute atomic E-state index is 12.9. The third kappa shape index (κ3) is 5.14. The number of amides is 1. The molecule has 1 atom stereocenters. The van der Waals surface area contributed by atoms with Gasteiger partial charge in [0.2, 0.25) is 0 Å². The Morgan fingerprint density at radius 2 is 1.81 bits per heavy atom. The average Bonchev–Trinajstić information content (AvgIpc) is 2.60. The summed E-state index contributed by atoms with van der Waals surface area (Å²) < 4.78 is 44.4. The van der Waals surface area contributed by atoms with Crippen molar-refractivity contribution in [3.63, 3.8) is 0 Å². The number of alkyl halides is 3. The number of halogens is 4. The first-order chi connectivity index (χ1) is 12.2. The van der Waals surface area contributed by atoms with Gasteiger partial charge in [0.25, 0.3) is 5.91 Å². The van der Waals surface area contributed by atoms with Crippen LogP contribution in [0.15, 0.2) is 42.5 Å². The number of hydrogen-bond donors (Lipinski definition) is 1. The van der Waals surface area contributed by atoms with E-state index in [9.17, 15) is 18.0 Å². The van der Waals surface area contributed by atoms with Gasteiger partial charge in [-0.25, -0.2) is 0 Å². The van der Waals surface area contributed by atoms with Crippen LogP contribution in [0.1, 0.15) is 31.4 Å². The summed E-state index contributed by atoms with van der Waals surface area (Å²) in [6.45, 7) is 3.78. The maximum Gasteiger partial charge on any atom is 0.417 e. The summed E-state index contributed by atoms with van der Waals surface area (Å²) in [4.78, 5) is 12.4. The summed E-state index contributed by atoms with van der Waals surface area (Å²) in [6.07, 6.45) is -4.18. The van der Waals surface area contributed by atoms with Crippen LogP contribution in [0.3, 0.4) is 0 Å². The number of rotatable bonds is 6. The van der Waals surface area contributed by atoms with Gasteiger partial charge in [-0.1, -0.05) is 37.6 Å². The Kier molecular flexibility index (Phi) is 6.53. The minimum Gasteiger partial charge on any atom is -0.481 e. The lowest BCUT2D eigenvalue weighted by Crippen LogP contribution is -2.32. The standard InChI is InChI=1S/C19H19ClF3NO2/c1-3-12-5-8-14(9-6-12)26-17(4-2)18(25)24-13-7-10-16(20)15(11-13)19(21,22)23/h5-11,17H,3-4H2,1-2H3,(H,24,25). The van der Waals surface area contributed by atoms with Gasteiger partial charge in [-0.15, -0.1) is 0 Å². The lowest BCUT2D eigenvalue weighted by atomic mass is 10.1. The predicted molar refractivity (Wildman–Crippen MR) is 95.6 cm³/mol. The van der Waals surface area contributed by atoms with E-state index in [-0.39, 0.29) is 5.69 Å². The summed E-state index contributed by atoms with van der Waals surface area (Å²) >= 11 is 5.58. The van der Waals surface area contributed by atoms with E-state index in [2.05, 4.69) is 5.32 Å². The summed E-state index contributed by atoms with van der Waals surface area (Å²) in [5.74, 6) is -0.00111. The molecule has 1 amide bonds. The second-order valence-electron chi connectivity index (χ2n) is 5.69. The van der Waals surface area contributed by atoms with Crippen LogP contribution in [0, 0.1) is 0 Å². The number of hydrogen-bond acceptors (Lipinski definition) is 2. The minimum absolute atomic E-state index is 0.00936. The Morgan fingerprint density at radius 3 is 2.35 bits per heavy atom. The summed E-state index contributed by atoms with van der Waals surface area (Å²) in [5, 5.41) is 2.03. The molecule has 0 aliphatic rings. The lowest BCUT2D eigenvalue weighted by molar-refractivity contribution is -0.137. The van der Waals surface area contributed by atoms with Crippen molar-refractivity contribution in [2.75, 3.05) is 5.32 Å². The van der Waals surface area contributed by atoms with Crippen LogP contribution >= 0.6 is 11.6 Å². The zero-order valence-electron chi connectivity index (χ0n) is 14.4. The van der Waals surface area contributed by atoms with Gasteiger partial charge in [0, 0.05) is 5.69 Å². The molecule has 1 unspecified atom stereocenters. The van der Waals surface area contributed by atoms with Crippen molar-refractivity contribution in [2.24, 2.45) is 0 Å². The van der Waals surface area contributed by atoms with E-state index in [0.29, 0.717) is 12.2 Å². The molecule has 0 radical (unpaired) electrons. The second kappa shape index (κ2) is 8.45. The fourth-order valence-corrected chi connectivity index (χ4v) is 2.56. The number of benzene rings is 2. The molecular weight excluding hydrogens is 367 g/mol. The van der Waals surface area contributed by atoms with Crippen LogP contribution in [0.5, 0.6) is 5.75 Å². The summed E-state index contributed by atoms with van der Waals surface area (Å²) in [7, 11) is 0. The summed E-state index contributed by atoms with van der Waals surface area (Å²) in [6, 6.07) is 10.5. The average molecular weight is 386 g/mol. The molecule has 0 spiro atoms. The molecule has 2 aromatic carbocycles.